The maximum Gasteiger partial charge on any atom is 0.159 e. The van der Waals surface area contributed by atoms with E-state index in [0.29, 0.717) is 11.2 Å². The summed E-state index contributed by atoms with van der Waals surface area (Å²) in [7, 11) is 0. The van der Waals surface area contributed by atoms with Crippen LogP contribution in [0.4, 0.5) is 17.1 Å². The fourth-order valence-corrected chi connectivity index (χ4v) is 9.29. The molecule has 0 N–H and O–H groups in total. The number of furan rings is 1. The average Bonchev–Trinajstić information content (AvgIpc) is 3.78. The lowest BCUT2D eigenvalue weighted by Gasteiger charge is -2.29. The van der Waals surface area contributed by atoms with Crippen molar-refractivity contribution in [3.63, 3.8) is 0 Å². The molecule has 242 valence electrons. The molecule has 0 radical (unpaired) electrons. The number of rotatable bonds is 6. The summed E-state index contributed by atoms with van der Waals surface area (Å²) in [5.74, 6) is 0.301. The first-order valence-electron chi connectivity index (χ1n) is 17.5. The van der Waals surface area contributed by atoms with Crippen LogP contribution in [0, 0.1) is 0 Å². The zero-order valence-electron chi connectivity index (χ0n) is 27.8. The number of benzene rings is 7. The SMILES string of the molecule is C1=CC2Sc3ccccc3C2C(c2ccc(N(c3ccc(-c4ccccc4)cc3)c3cccc4c3oc3ccccc34)cc2-c2ccccc2)=C1. The third-order valence-electron chi connectivity index (χ3n) is 10.3. The Morgan fingerprint density at radius 2 is 1.22 bits per heavy atom. The van der Waals surface area contributed by atoms with Crippen LogP contribution in [-0.4, -0.2) is 5.25 Å². The summed E-state index contributed by atoms with van der Waals surface area (Å²) >= 11 is 1.98. The third-order valence-corrected chi connectivity index (χ3v) is 11.6. The second kappa shape index (κ2) is 12.4. The first-order valence-corrected chi connectivity index (χ1v) is 18.4. The van der Waals surface area contributed by atoms with Crippen LogP contribution in [0.1, 0.15) is 17.0 Å². The largest absolute Gasteiger partial charge is 0.454 e. The molecule has 7 aromatic carbocycles. The molecule has 1 aliphatic carbocycles. The van der Waals surface area contributed by atoms with Gasteiger partial charge in [-0.05, 0) is 81.4 Å². The van der Waals surface area contributed by atoms with Gasteiger partial charge in [0.2, 0.25) is 0 Å². The van der Waals surface area contributed by atoms with Crippen molar-refractivity contribution in [1.29, 1.82) is 0 Å². The maximum atomic E-state index is 6.65. The summed E-state index contributed by atoms with van der Waals surface area (Å²) in [5.41, 5.74) is 13.7. The second-order valence-corrected chi connectivity index (χ2v) is 14.4. The lowest BCUT2D eigenvalue weighted by atomic mass is 9.79. The molecule has 1 aliphatic heterocycles. The van der Waals surface area contributed by atoms with Gasteiger partial charge in [-0.3, -0.25) is 0 Å². The van der Waals surface area contributed by atoms with Gasteiger partial charge in [-0.1, -0.05) is 146 Å². The highest BCUT2D eigenvalue weighted by Crippen LogP contribution is 2.54. The molecular formula is C48H33NOS. The van der Waals surface area contributed by atoms with Gasteiger partial charge in [-0.15, -0.1) is 11.8 Å². The van der Waals surface area contributed by atoms with Gasteiger partial charge in [-0.25, -0.2) is 0 Å². The fraction of sp³-hybridized carbons (Fsp3) is 0.0417. The van der Waals surface area contributed by atoms with Crippen LogP contribution in [0.25, 0.3) is 49.8 Å². The Morgan fingerprint density at radius 1 is 0.529 bits per heavy atom. The molecule has 8 aromatic rings. The van der Waals surface area contributed by atoms with E-state index in [0.717, 1.165) is 39.0 Å². The zero-order chi connectivity index (χ0) is 33.7. The monoisotopic (exact) mass is 671 g/mol. The first-order chi connectivity index (χ1) is 25.3. The Labute approximate surface area is 302 Å². The van der Waals surface area contributed by atoms with Gasteiger partial charge in [0, 0.05) is 38.2 Å². The van der Waals surface area contributed by atoms with Gasteiger partial charge >= 0.3 is 0 Å². The number of allylic oxidation sites excluding steroid dienone is 3. The molecular weight excluding hydrogens is 639 g/mol. The van der Waals surface area contributed by atoms with Crippen LogP contribution in [0.15, 0.2) is 197 Å². The number of anilines is 3. The minimum absolute atomic E-state index is 0.301. The van der Waals surface area contributed by atoms with Crippen molar-refractivity contribution in [2.75, 3.05) is 4.90 Å². The number of nitrogens with zero attached hydrogens (tertiary/aromatic N) is 1. The summed E-state index contributed by atoms with van der Waals surface area (Å²) in [6.07, 6.45) is 6.95. The van der Waals surface area contributed by atoms with E-state index in [4.69, 9.17) is 4.42 Å². The Balaban J connectivity index is 1.18. The van der Waals surface area contributed by atoms with Gasteiger partial charge in [-0.2, -0.15) is 0 Å². The molecule has 51 heavy (non-hydrogen) atoms. The molecule has 2 nitrogen and oxygen atoms in total. The highest BCUT2D eigenvalue weighted by molar-refractivity contribution is 8.00. The molecule has 0 bridgehead atoms. The van der Waals surface area contributed by atoms with Crippen LogP contribution in [-0.2, 0) is 0 Å². The fourth-order valence-electron chi connectivity index (χ4n) is 7.91. The summed E-state index contributed by atoms with van der Waals surface area (Å²) in [6.45, 7) is 0. The topological polar surface area (TPSA) is 16.4 Å². The minimum Gasteiger partial charge on any atom is -0.454 e. The minimum atomic E-state index is 0.301. The number of fused-ring (bicyclic) bond motifs is 6. The smallest absolute Gasteiger partial charge is 0.159 e. The number of para-hydroxylation sites is 2. The summed E-state index contributed by atoms with van der Waals surface area (Å²) in [5, 5.41) is 2.61. The molecule has 0 fully saturated rings. The molecule has 0 saturated heterocycles. The van der Waals surface area contributed by atoms with Crippen molar-refractivity contribution in [3.8, 4) is 22.3 Å². The number of hydrogen-bond donors (Lipinski definition) is 0. The van der Waals surface area contributed by atoms with Crippen molar-refractivity contribution < 1.29 is 4.42 Å². The van der Waals surface area contributed by atoms with Crippen molar-refractivity contribution in [2.24, 2.45) is 0 Å². The standard InChI is InChI=1S/C48H33NOS/c1-3-13-32(14-4-1)33-25-27-35(28-26-33)49(43-21-11-20-40-38-17-7-9-22-44(38)50-48(40)43)36-29-30-37(42(31-36)34-15-5-2-6-16-34)39-19-12-24-46-47(39)41-18-8-10-23-45(41)51-46/h1-31,46-47H. The quantitative estimate of drug-likeness (QED) is 0.175. The molecule has 2 heterocycles. The highest BCUT2D eigenvalue weighted by atomic mass is 32.2. The van der Waals surface area contributed by atoms with Crippen molar-refractivity contribution in [1.82, 2.24) is 0 Å². The summed E-state index contributed by atoms with van der Waals surface area (Å²) in [4.78, 5) is 3.74. The van der Waals surface area contributed by atoms with E-state index in [2.05, 4.69) is 187 Å². The molecule has 2 atom stereocenters. The molecule has 2 aliphatic rings. The number of hydrogen-bond acceptors (Lipinski definition) is 3. The molecule has 0 spiro atoms. The van der Waals surface area contributed by atoms with E-state index in [1.165, 1.54) is 43.8 Å². The van der Waals surface area contributed by atoms with Gasteiger partial charge in [0.05, 0.1) is 5.69 Å². The van der Waals surface area contributed by atoms with Crippen molar-refractivity contribution in [3.05, 3.63) is 199 Å². The molecule has 1 aromatic heterocycles. The van der Waals surface area contributed by atoms with Gasteiger partial charge in [0.25, 0.3) is 0 Å². The first kappa shape index (κ1) is 29.8. The molecule has 0 saturated carbocycles. The predicted octanol–water partition coefficient (Wildman–Crippen LogP) is 13.6. The normalized spacial score (nSPS) is 16.2. The predicted molar refractivity (Wildman–Crippen MR) is 215 cm³/mol. The maximum absolute atomic E-state index is 6.65. The zero-order valence-corrected chi connectivity index (χ0v) is 28.6. The van der Waals surface area contributed by atoms with E-state index in [1.54, 1.807) is 0 Å². The third kappa shape index (κ3) is 5.12. The Kier molecular flexibility index (Phi) is 7.25. The summed E-state index contributed by atoms with van der Waals surface area (Å²) < 4.78 is 6.65. The molecule has 0 amide bonds. The average molecular weight is 672 g/mol. The van der Waals surface area contributed by atoms with Gasteiger partial charge in [0.1, 0.15) is 5.58 Å². The van der Waals surface area contributed by atoms with Crippen LogP contribution >= 0.6 is 11.8 Å². The summed E-state index contributed by atoms with van der Waals surface area (Å²) in [6, 6.07) is 61.0. The van der Waals surface area contributed by atoms with Crippen LogP contribution in [0.3, 0.4) is 0 Å². The van der Waals surface area contributed by atoms with E-state index in [-0.39, 0.29) is 0 Å². The Bertz CT molecular complexity index is 2620. The molecule has 10 rings (SSSR count). The van der Waals surface area contributed by atoms with E-state index < -0.39 is 0 Å². The van der Waals surface area contributed by atoms with Crippen LogP contribution in [0.5, 0.6) is 0 Å². The van der Waals surface area contributed by atoms with E-state index >= 15 is 0 Å². The highest BCUT2D eigenvalue weighted by Gasteiger charge is 2.36. The second-order valence-electron chi connectivity index (χ2n) is 13.2. The van der Waals surface area contributed by atoms with Gasteiger partial charge in [0.15, 0.2) is 5.58 Å². The van der Waals surface area contributed by atoms with E-state index in [1.807, 2.05) is 17.8 Å². The van der Waals surface area contributed by atoms with E-state index in [9.17, 15) is 0 Å². The number of thioether (sulfide) groups is 1. The lowest BCUT2D eigenvalue weighted by molar-refractivity contribution is 0.669. The lowest BCUT2D eigenvalue weighted by Crippen LogP contribution is -2.14. The van der Waals surface area contributed by atoms with Gasteiger partial charge < -0.3 is 9.32 Å². The van der Waals surface area contributed by atoms with Crippen LogP contribution in [0.2, 0.25) is 0 Å². The molecule has 3 heteroatoms. The Morgan fingerprint density at radius 3 is 2.06 bits per heavy atom. The van der Waals surface area contributed by atoms with Crippen molar-refractivity contribution >= 4 is 56.3 Å². The van der Waals surface area contributed by atoms with Crippen molar-refractivity contribution in [2.45, 2.75) is 16.1 Å². The Hall–Kier alpha value is -6.03. The molecule has 2 unspecified atom stereocenters. The van der Waals surface area contributed by atoms with Crippen LogP contribution < -0.4 is 4.90 Å².